The van der Waals surface area contributed by atoms with Crippen molar-refractivity contribution >= 4 is 61.9 Å². The van der Waals surface area contributed by atoms with E-state index in [1.165, 1.54) is 11.8 Å². The van der Waals surface area contributed by atoms with Gasteiger partial charge in [-0.2, -0.15) is 0 Å². The minimum atomic E-state index is -0.175. The molecule has 1 fully saturated rings. The number of rotatable bonds is 5. The summed E-state index contributed by atoms with van der Waals surface area (Å²) in [5.41, 5.74) is 2.43. The molecule has 0 atom stereocenters. The SMILES string of the molecule is C#CCOc1c(C=C2SC(=S)N(c3ccccc3C)C2=O)cc(Br)cc1OC. The van der Waals surface area contributed by atoms with E-state index < -0.39 is 0 Å². The molecule has 0 bridgehead atoms. The lowest BCUT2D eigenvalue weighted by atomic mass is 10.1. The first-order chi connectivity index (χ1) is 13.5. The van der Waals surface area contributed by atoms with E-state index in [1.54, 1.807) is 24.2 Å². The second kappa shape index (κ2) is 8.82. The minimum Gasteiger partial charge on any atom is -0.493 e. The highest BCUT2D eigenvalue weighted by Gasteiger charge is 2.34. The number of carbonyl (C=O) groups excluding carboxylic acids is 1. The zero-order chi connectivity index (χ0) is 20.3. The van der Waals surface area contributed by atoms with Crippen LogP contribution in [-0.4, -0.2) is 23.9 Å². The standard InChI is InChI=1S/C21H16BrNO3S2/c1-4-9-26-19-14(10-15(22)12-17(19)25-3)11-18-20(24)23(21(27)28-18)16-8-6-5-7-13(16)2/h1,5-8,10-12H,9H2,2-3H3. The van der Waals surface area contributed by atoms with Crippen LogP contribution in [0, 0.1) is 19.3 Å². The molecule has 28 heavy (non-hydrogen) atoms. The summed E-state index contributed by atoms with van der Waals surface area (Å²) in [5, 5.41) is 0. The van der Waals surface area contributed by atoms with Crippen LogP contribution in [0.25, 0.3) is 6.08 Å². The van der Waals surface area contributed by atoms with Crippen molar-refractivity contribution in [3.8, 4) is 23.8 Å². The predicted octanol–water partition coefficient (Wildman–Crippen LogP) is 5.18. The molecule has 142 valence electrons. The zero-order valence-corrected chi connectivity index (χ0v) is 18.4. The quantitative estimate of drug-likeness (QED) is 0.339. The van der Waals surface area contributed by atoms with Crippen LogP contribution in [-0.2, 0) is 4.79 Å². The number of methoxy groups -OCH3 is 1. The van der Waals surface area contributed by atoms with Crippen LogP contribution < -0.4 is 14.4 Å². The molecule has 3 rings (SSSR count). The molecule has 7 heteroatoms. The number of thioether (sulfide) groups is 1. The Balaban J connectivity index is 2.04. The van der Waals surface area contributed by atoms with Crippen molar-refractivity contribution < 1.29 is 14.3 Å². The fourth-order valence-corrected chi connectivity index (χ4v) is 4.48. The molecule has 0 aromatic heterocycles. The van der Waals surface area contributed by atoms with Crippen LogP contribution >= 0.6 is 39.9 Å². The maximum absolute atomic E-state index is 13.1. The summed E-state index contributed by atoms with van der Waals surface area (Å²) in [6, 6.07) is 11.3. The first-order valence-electron chi connectivity index (χ1n) is 8.23. The average Bonchev–Trinajstić information content (AvgIpc) is 2.94. The summed E-state index contributed by atoms with van der Waals surface area (Å²) in [4.78, 5) is 15.1. The number of aryl methyl sites for hydroxylation is 1. The molecular weight excluding hydrogens is 458 g/mol. The Morgan fingerprint density at radius 3 is 2.79 bits per heavy atom. The molecule has 0 unspecified atom stereocenters. The van der Waals surface area contributed by atoms with Gasteiger partial charge in [-0.15, -0.1) is 6.42 Å². The first kappa shape index (κ1) is 20.5. The first-order valence-corrected chi connectivity index (χ1v) is 10.3. The van der Waals surface area contributed by atoms with E-state index in [1.807, 2.05) is 37.3 Å². The molecule has 1 amide bonds. The van der Waals surface area contributed by atoms with Gasteiger partial charge in [-0.3, -0.25) is 9.69 Å². The number of terminal acetylenes is 1. The number of halogens is 1. The van der Waals surface area contributed by atoms with Crippen LogP contribution in [0.2, 0.25) is 0 Å². The third-order valence-corrected chi connectivity index (χ3v) is 5.76. The number of anilines is 1. The Morgan fingerprint density at radius 2 is 2.11 bits per heavy atom. The molecule has 0 saturated carbocycles. The molecule has 1 aliphatic rings. The largest absolute Gasteiger partial charge is 0.493 e. The van der Waals surface area contributed by atoms with Gasteiger partial charge < -0.3 is 9.47 Å². The third-order valence-electron chi connectivity index (χ3n) is 4.00. The van der Waals surface area contributed by atoms with Gasteiger partial charge in [-0.1, -0.05) is 64.0 Å². The number of thiocarbonyl (C=S) groups is 1. The summed E-state index contributed by atoms with van der Waals surface area (Å²) >= 11 is 10.2. The Kier molecular flexibility index (Phi) is 6.45. The summed E-state index contributed by atoms with van der Waals surface area (Å²) in [7, 11) is 1.55. The Hall–Kier alpha value is -2.27. The van der Waals surface area contributed by atoms with Crippen molar-refractivity contribution in [2.45, 2.75) is 6.92 Å². The van der Waals surface area contributed by atoms with Crippen LogP contribution in [0.3, 0.4) is 0 Å². The second-order valence-corrected chi connectivity index (χ2v) is 8.41. The monoisotopic (exact) mass is 473 g/mol. The Morgan fingerprint density at radius 1 is 1.36 bits per heavy atom. The molecule has 1 saturated heterocycles. The van der Waals surface area contributed by atoms with Crippen molar-refractivity contribution in [2.24, 2.45) is 0 Å². The van der Waals surface area contributed by atoms with Gasteiger partial charge in [0.15, 0.2) is 15.8 Å². The lowest BCUT2D eigenvalue weighted by Crippen LogP contribution is -2.28. The molecule has 2 aromatic rings. The van der Waals surface area contributed by atoms with Crippen LogP contribution in [0.4, 0.5) is 5.69 Å². The molecule has 0 radical (unpaired) electrons. The highest BCUT2D eigenvalue weighted by molar-refractivity contribution is 9.10. The summed E-state index contributed by atoms with van der Waals surface area (Å²) in [5.74, 6) is 3.26. The van der Waals surface area contributed by atoms with E-state index in [9.17, 15) is 4.79 Å². The molecule has 4 nitrogen and oxygen atoms in total. The van der Waals surface area contributed by atoms with Gasteiger partial charge in [-0.25, -0.2) is 0 Å². The number of ether oxygens (including phenoxy) is 2. The van der Waals surface area contributed by atoms with Gasteiger partial charge >= 0.3 is 0 Å². The molecular formula is C21H16BrNO3S2. The van der Waals surface area contributed by atoms with Gasteiger partial charge in [-0.05, 0) is 36.8 Å². The van der Waals surface area contributed by atoms with E-state index in [2.05, 4.69) is 21.9 Å². The van der Waals surface area contributed by atoms with E-state index in [0.717, 1.165) is 15.7 Å². The fourth-order valence-electron chi connectivity index (χ4n) is 2.75. The number of nitrogens with zero attached hydrogens (tertiary/aromatic N) is 1. The summed E-state index contributed by atoms with van der Waals surface area (Å²) in [6.45, 7) is 2.03. The number of para-hydroxylation sites is 1. The number of benzene rings is 2. The predicted molar refractivity (Wildman–Crippen MR) is 122 cm³/mol. The fraction of sp³-hybridized carbons (Fsp3) is 0.143. The van der Waals surface area contributed by atoms with Gasteiger partial charge in [0.25, 0.3) is 5.91 Å². The molecule has 0 N–H and O–H groups in total. The molecule has 1 heterocycles. The number of amides is 1. The average molecular weight is 474 g/mol. The van der Waals surface area contributed by atoms with Crippen LogP contribution in [0.5, 0.6) is 11.5 Å². The summed E-state index contributed by atoms with van der Waals surface area (Å²) in [6.07, 6.45) is 7.07. The van der Waals surface area contributed by atoms with Gasteiger partial charge in [0.2, 0.25) is 0 Å². The second-order valence-electron chi connectivity index (χ2n) is 5.82. The maximum Gasteiger partial charge on any atom is 0.270 e. The van der Waals surface area contributed by atoms with E-state index in [0.29, 0.717) is 26.3 Å². The highest BCUT2D eigenvalue weighted by Crippen LogP contribution is 2.41. The minimum absolute atomic E-state index is 0.0863. The summed E-state index contributed by atoms with van der Waals surface area (Å²) < 4.78 is 12.3. The van der Waals surface area contributed by atoms with Gasteiger partial charge in [0, 0.05) is 10.0 Å². The highest BCUT2D eigenvalue weighted by atomic mass is 79.9. The molecule has 0 aliphatic carbocycles. The van der Waals surface area contributed by atoms with Crippen molar-refractivity contribution in [3.63, 3.8) is 0 Å². The normalized spacial score (nSPS) is 15.1. The van der Waals surface area contributed by atoms with Crippen LogP contribution in [0.1, 0.15) is 11.1 Å². The smallest absolute Gasteiger partial charge is 0.270 e. The van der Waals surface area contributed by atoms with Crippen molar-refractivity contribution in [1.29, 1.82) is 0 Å². The van der Waals surface area contributed by atoms with Crippen molar-refractivity contribution in [2.75, 3.05) is 18.6 Å². The number of hydrogen-bond donors (Lipinski definition) is 0. The lowest BCUT2D eigenvalue weighted by molar-refractivity contribution is -0.113. The van der Waals surface area contributed by atoms with Gasteiger partial charge in [0.1, 0.15) is 6.61 Å². The van der Waals surface area contributed by atoms with Crippen molar-refractivity contribution in [1.82, 2.24) is 0 Å². The Bertz CT molecular complexity index is 1030. The molecule has 1 aliphatic heterocycles. The number of carbonyl (C=O) groups is 1. The molecule has 0 spiro atoms. The van der Waals surface area contributed by atoms with E-state index >= 15 is 0 Å². The van der Waals surface area contributed by atoms with E-state index in [4.69, 9.17) is 28.1 Å². The van der Waals surface area contributed by atoms with Crippen molar-refractivity contribution in [3.05, 3.63) is 56.9 Å². The third kappa shape index (κ3) is 4.09. The lowest BCUT2D eigenvalue weighted by Gasteiger charge is -2.17. The topological polar surface area (TPSA) is 38.8 Å². The maximum atomic E-state index is 13.1. The van der Waals surface area contributed by atoms with Gasteiger partial charge in [0.05, 0.1) is 17.7 Å². The zero-order valence-electron chi connectivity index (χ0n) is 15.2. The molecule has 2 aromatic carbocycles. The van der Waals surface area contributed by atoms with Crippen LogP contribution in [0.15, 0.2) is 45.8 Å². The van der Waals surface area contributed by atoms with E-state index in [-0.39, 0.29) is 12.5 Å². The Labute approximate surface area is 182 Å². The number of hydrogen-bond acceptors (Lipinski definition) is 5.